The summed E-state index contributed by atoms with van der Waals surface area (Å²) >= 11 is 3.45. The lowest BCUT2D eigenvalue weighted by molar-refractivity contribution is -0.128. The Morgan fingerprint density at radius 3 is 2.83 bits per heavy atom. The molecular formula is C13H18BrNO3. The van der Waals surface area contributed by atoms with E-state index in [2.05, 4.69) is 21.2 Å². The van der Waals surface area contributed by atoms with Gasteiger partial charge in [-0.1, -0.05) is 15.9 Å². The van der Waals surface area contributed by atoms with E-state index in [4.69, 9.17) is 9.47 Å². The largest absolute Gasteiger partial charge is 0.492 e. The summed E-state index contributed by atoms with van der Waals surface area (Å²) in [7, 11) is 0. The molecule has 5 heteroatoms. The van der Waals surface area contributed by atoms with Gasteiger partial charge >= 0.3 is 0 Å². The second-order valence-electron chi connectivity index (χ2n) is 4.58. The average Bonchev–Trinajstić information content (AvgIpc) is 2.32. The van der Waals surface area contributed by atoms with Gasteiger partial charge in [-0.05, 0) is 25.1 Å². The summed E-state index contributed by atoms with van der Waals surface area (Å²) in [5, 5.41) is 12.7. The van der Waals surface area contributed by atoms with Crippen molar-refractivity contribution in [3.05, 3.63) is 22.7 Å². The summed E-state index contributed by atoms with van der Waals surface area (Å²) in [6.45, 7) is 4.62. The van der Waals surface area contributed by atoms with Gasteiger partial charge in [-0.15, -0.1) is 0 Å². The van der Waals surface area contributed by atoms with E-state index < -0.39 is 0 Å². The van der Waals surface area contributed by atoms with Crippen molar-refractivity contribution in [3.63, 3.8) is 0 Å². The highest BCUT2D eigenvalue weighted by molar-refractivity contribution is 9.10. The van der Waals surface area contributed by atoms with Crippen LogP contribution < -0.4 is 10.1 Å². The van der Waals surface area contributed by atoms with Gasteiger partial charge in [0.15, 0.2) is 0 Å². The molecule has 1 aliphatic heterocycles. The van der Waals surface area contributed by atoms with E-state index in [0.29, 0.717) is 26.4 Å². The Labute approximate surface area is 115 Å². The topological polar surface area (TPSA) is 50.7 Å². The molecule has 0 bridgehead atoms. The van der Waals surface area contributed by atoms with Gasteiger partial charge in [0.1, 0.15) is 5.75 Å². The number of benzene rings is 1. The molecule has 0 unspecified atom stereocenters. The number of aliphatic hydroxyl groups excluding tert-OH is 1. The SMILES string of the molecule is CCOc1ccc(Br)cc1NCC1(CO)COC1. The van der Waals surface area contributed by atoms with Gasteiger partial charge in [-0.3, -0.25) is 0 Å². The highest BCUT2D eigenvalue weighted by atomic mass is 79.9. The van der Waals surface area contributed by atoms with E-state index in [1.165, 1.54) is 0 Å². The summed E-state index contributed by atoms with van der Waals surface area (Å²) < 4.78 is 11.7. The Kier molecular flexibility index (Phi) is 4.48. The number of hydrogen-bond acceptors (Lipinski definition) is 4. The minimum Gasteiger partial charge on any atom is -0.492 e. The summed E-state index contributed by atoms with van der Waals surface area (Å²) in [6, 6.07) is 5.86. The molecule has 1 fully saturated rings. The molecule has 0 saturated carbocycles. The molecule has 18 heavy (non-hydrogen) atoms. The fourth-order valence-electron chi connectivity index (χ4n) is 1.84. The standard InChI is InChI=1S/C13H18BrNO3/c1-2-18-12-4-3-10(14)5-11(12)15-6-13(7-16)8-17-9-13/h3-5,15-16H,2,6-9H2,1H3. The van der Waals surface area contributed by atoms with Crippen molar-refractivity contribution >= 4 is 21.6 Å². The maximum absolute atomic E-state index is 9.38. The number of nitrogens with one attached hydrogen (secondary N) is 1. The molecule has 0 amide bonds. The summed E-state index contributed by atoms with van der Waals surface area (Å²) in [4.78, 5) is 0. The van der Waals surface area contributed by atoms with Crippen LogP contribution in [0.15, 0.2) is 22.7 Å². The van der Waals surface area contributed by atoms with Crippen molar-refractivity contribution in [1.82, 2.24) is 0 Å². The van der Waals surface area contributed by atoms with Gasteiger partial charge in [-0.2, -0.15) is 0 Å². The number of aliphatic hydroxyl groups is 1. The van der Waals surface area contributed by atoms with E-state index in [9.17, 15) is 5.11 Å². The lowest BCUT2D eigenvalue weighted by Gasteiger charge is -2.40. The maximum atomic E-state index is 9.38. The summed E-state index contributed by atoms with van der Waals surface area (Å²) in [6.07, 6.45) is 0. The molecule has 1 aromatic rings. The quantitative estimate of drug-likeness (QED) is 0.845. The highest BCUT2D eigenvalue weighted by Crippen LogP contribution is 2.32. The third-order valence-corrected chi connectivity index (χ3v) is 3.54. The molecule has 0 aliphatic carbocycles. The first kappa shape index (κ1) is 13.6. The van der Waals surface area contributed by atoms with E-state index >= 15 is 0 Å². The molecule has 2 N–H and O–H groups in total. The molecule has 0 aromatic heterocycles. The molecular weight excluding hydrogens is 298 g/mol. The third-order valence-electron chi connectivity index (χ3n) is 3.05. The smallest absolute Gasteiger partial charge is 0.142 e. The fraction of sp³-hybridized carbons (Fsp3) is 0.538. The first-order valence-electron chi connectivity index (χ1n) is 6.04. The van der Waals surface area contributed by atoms with Gasteiger partial charge in [0.25, 0.3) is 0 Å². The predicted octanol–water partition coefficient (Wildman–Crippen LogP) is 2.27. The van der Waals surface area contributed by atoms with Gasteiger partial charge in [0.05, 0.1) is 37.5 Å². The number of ether oxygens (including phenoxy) is 2. The number of hydrogen-bond donors (Lipinski definition) is 2. The molecule has 2 rings (SSSR count). The van der Waals surface area contributed by atoms with Crippen LogP contribution >= 0.6 is 15.9 Å². The zero-order valence-electron chi connectivity index (χ0n) is 10.4. The minimum absolute atomic E-state index is 0.137. The van der Waals surface area contributed by atoms with Gasteiger partial charge in [0, 0.05) is 11.0 Å². The highest BCUT2D eigenvalue weighted by Gasteiger charge is 2.37. The molecule has 0 spiro atoms. The van der Waals surface area contributed by atoms with E-state index in [1.807, 2.05) is 25.1 Å². The van der Waals surface area contributed by atoms with Gasteiger partial charge < -0.3 is 19.9 Å². The van der Waals surface area contributed by atoms with Crippen molar-refractivity contribution in [2.75, 3.05) is 38.3 Å². The van der Waals surface area contributed by atoms with Crippen molar-refractivity contribution < 1.29 is 14.6 Å². The molecule has 4 nitrogen and oxygen atoms in total. The monoisotopic (exact) mass is 315 g/mol. The maximum Gasteiger partial charge on any atom is 0.142 e. The Morgan fingerprint density at radius 2 is 2.28 bits per heavy atom. The van der Waals surface area contributed by atoms with Crippen molar-refractivity contribution in [2.24, 2.45) is 5.41 Å². The Balaban J connectivity index is 2.05. The summed E-state index contributed by atoms with van der Waals surface area (Å²) in [5.41, 5.74) is 0.789. The lowest BCUT2D eigenvalue weighted by atomic mass is 9.87. The zero-order valence-corrected chi connectivity index (χ0v) is 12.0. The predicted molar refractivity (Wildman–Crippen MR) is 74.1 cm³/mol. The van der Waals surface area contributed by atoms with E-state index in [-0.39, 0.29) is 12.0 Å². The Bertz CT molecular complexity index is 402. The number of anilines is 1. The third kappa shape index (κ3) is 2.96. The molecule has 1 aromatic carbocycles. The number of rotatable bonds is 6. The van der Waals surface area contributed by atoms with Crippen molar-refractivity contribution in [2.45, 2.75) is 6.92 Å². The van der Waals surface area contributed by atoms with Crippen molar-refractivity contribution in [3.8, 4) is 5.75 Å². The summed E-state index contributed by atoms with van der Waals surface area (Å²) in [5.74, 6) is 0.828. The first-order valence-corrected chi connectivity index (χ1v) is 6.83. The molecule has 1 heterocycles. The van der Waals surface area contributed by atoms with E-state index in [0.717, 1.165) is 15.9 Å². The zero-order chi connectivity index (χ0) is 13.0. The Morgan fingerprint density at radius 1 is 1.50 bits per heavy atom. The van der Waals surface area contributed by atoms with Crippen LogP contribution in [0, 0.1) is 5.41 Å². The van der Waals surface area contributed by atoms with Crippen LogP contribution in [0.4, 0.5) is 5.69 Å². The normalized spacial score (nSPS) is 17.1. The first-order chi connectivity index (χ1) is 8.69. The molecule has 0 radical (unpaired) electrons. The average molecular weight is 316 g/mol. The van der Waals surface area contributed by atoms with Crippen LogP contribution in [0.2, 0.25) is 0 Å². The van der Waals surface area contributed by atoms with Crippen LogP contribution in [0.25, 0.3) is 0 Å². The second kappa shape index (κ2) is 5.91. The lowest BCUT2D eigenvalue weighted by Crippen LogP contribution is -2.50. The van der Waals surface area contributed by atoms with Crippen LogP contribution in [-0.2, 0) is 4.74 Å². The van der Waals surface area contributed by atoms with Crippen LogP contribution in [-0.4, -0.2) is 38.1 Å². The number of halogens is 1. The Hall–Kier alpha value is -0.780. The molecule has 100 valence electrons. The minimum atomic E-state index is -0.147. The second-order valence-corrected chi connectivity index (χ2v) is 5.49. The van der Waals surface area contributed by atoms with Crippen molar-refractivity contribution in [1.29, 1.82) is 0 Å². The molecule has 1 aliphatic rings. The van der Waals surface area contributed by atoms with E-state index in [1.54, 1.807) is 0 Å². The fourth-order valence-corrected chi connectivity index (χ4v) is 2.21. The van der Waals surface area contributed by atoms with Crippen LogP contribution in [0.1, 0.15) is 6.92 Å². The van der Waals surface area contributed by atoms with Gasteiger partial charge in [0.2, 0.25) is 0 Å². The van der Waals surface area contributed by atoms with Crippen LogP contribution in [0.5, 0.6) is 5.75 Å². The molecule has 0 atom stereocenters. The van der Waals surface area contributed by atoms with Gasteiger partial charge in [-0.25, -0.2) is 0 Å². The van der Waals surface area contributed by atoms with Crippen LogP contribution in [0.3, 0.4) is 0 Å². The molecule has 1 saturated heterocycles.